The molecule has 2 rings (SSSR count). The fourth-order valence-electron chi connectivity index (χ4n) is 2.34. The molecular formula is C15H18N2O2. The number of nitrogens with two attached hydrogens (primary N) is 1. The van der Waals surface area contributed by atoms with Crippen molar-refractivity contribution in [2.75, 3.05) is 0 Å². The van der Waals surface area contributed by atoms with Crippen molar-refractivity contribution >= 4 is 12.1 Å². The van der Waals surface area contributed by atoms with Crippen LogP contribution in [-0.4, -0.2) is 12.1 Å². The maximum absolute atomic E-state index is 11.2. The van der Waals surface area contributed by atoms with E-state index in [2.05, 4.69) is 23.5 Å². The number of nitrogens with one attached hydrogen (secondary N) is 1. The summed E-state index contributed by atoms with van der Waals surface area (Å²) in [6.45, 7) is 2.16. The second kappa shape index (κ2) is 5.80. The molecule has 0 amide bonds. The van der Waals surface area contributed by atoms with E-state index >= 15 is 0 Å². The van der Waals surface area contributed by atoms with Crippen LogP contribution in [0, 0.1) is 0 Å². The van der Waals surface area contributed by atoms with Crippen molar-refractivity contribution < 1.29 is 9.59 Å². The first-order valence-electron chi connectivity index (χ1n) is 6.39. The molecule has 1 unspecified atom stereocenters. The van der Waals surface area contributed by atoms with Gasteiger partial charge in [0, 0.05) is 18.3 Å². The van der Waals surface area contributed by atoms with Crippen molar-refractivity contribution in [3.05, 3.63) is 46.7 Å². The first kappa shape index (κ1) is 13.5. The molecule has 19 heavy (non-hydrogen) atoms. The Balaban J connectivity index is 2.14. The summed E-state index contributed by atoms with van der Waals surface area (Å²) >= 11 is 0. The first-order chi connectivity index (χ1) is 9.15. The minimum Gasteiger partial charge on any atom is -0.384 e. The van der Waals surface area contributed by atoms with Gasteiger partial charge >= 0.3 is 0 Å². The Morgan fingerprint density at radius 3 is 3.00 bits per heavy atom. The molecule has 0 saturated carbocycles. The number of carbonyl (C=O) groups excluding carboxylic acids is 2. The zero-order valence-electron chi connectivity index (χ0n) is 11.0. The van der Waals surface area contributed by atoms with Gasteiger partial charge in [-0.15, -0.1) is 0 Å². The van der Waals surface area contributed by atoms with Crippen LogP contribution in [0.4, 0.5) is 0 Å². The number of rotatable bonds is 5. The SMILES string of the molecule is C/C(=C\NC1CCc2ccc(CN)cc21)C(=O)C=O. The Morgan fingerprint density at radius 2 is 2.32 bits per heavy atom. The van der Waals surface area contributed by atoms with Gasteiger partial charge in [0.05, 0.1) is 6.04 Å². The molecule has 0 saturated heterocycles. The number of carbonyl (C=O) groups is 2. The minimum absolute atomic E-state index is 0.191. The van der Waals surface area contributed by atoms with Gasteiger partial charge in [-0.05, 0) is 36.5 Å². The van der Waals surface area contributed by atoms with Crippen LogP contribution in [-0.2, 0) is 22.6 Å². The molecule has 0 fully saturated rings. The van der Waals surface area contributed by atoms with Gasteiger partial charge in [-0.25, -0.2) is 0 Å². The number of hydrogen-bond donors (Lipinski definition) is 2. The molecule has 0 bridgehead atoms. The number of allylic oxidation sites excluding steroid dienone is 1. The van der Waals surface area contributed by atoms with Crippen molar-refractivity contribution in [1.82, 2.24) is 5.32 Å². The molecule has 3 N–H and O–H groups in total. The summed E-state index contributed by atoms with van der Waals surface area (Å²) in [6.07, 6.45) is 3.98. The van der Waals surface area contributed by atoms with E-state index in [0.717, 1.165) is 18.4 Å². The second-order valence-electron chi connectivity index (χ2n) is 4.80. The Kier molecular flexibility index (Phi) is 4.12. The lowest BCUT2D eigenvalue weighted by molar-refractivity contribution is -0.127. The highest BCUT2D eigenvalue weighted by Gasteiger charge is 2.21. The van der Waals surface area contributed by atoms with Crippen LogP contribution in [0.2, 0.25) is 0 Å². The van der Waals surface area contributed by atoms with Gasteiger partial charge in [0.1, 0.15) is 0 Å². The topological polar surface area (TPSA) is 72.2 Å². The van der Waals surface area contributed by atoms with E-state index in [1.165, 1.54) is 11.1 Å². The van der Waals surface area contributed by atoms with Gasteiger partial charge in [-0.2, -0.15) is 0 Å². The van der Waals surface area contributed by atoms with E-state index in [9.17, 15) is 9.59 Å². The number of Topliss-reactive ketones (excluding diaryl/α,β-unsaturated/α-hetero) is 1. The maximum Gasteiger partial charge on any atom is 0.222 e. The van der Waals surface area contributed by atoms with Crippen molar-refractivity contribution in [1.29, 1.82) is 0 Å². The van der Waals surface area contributed by atoms with E-state index in [0.29, 0.717) is 18.4 Å². The van der Waals surface area contributed by atoms with Gasteiger partial charge in [-0.1, -0.05) is 18.2 Å². The molecule has 100 valence electrons. The lowest BCUT2D eigenvalue weighted by Crippen LogP contribution is -2.15. The molecular weight excluding hydrogens is 240 g/mol. The minimum atomic E-state index is -0.485. The Labute approximate surface area is 112 Å². The van der Waals surface area contributed by atoms with Crippen molar-refractivity contribution in [2.24, 2.45) is 5.73 Å². The third-order valence-corrected chi connectivity index (χ3v) is 3.52. The van der Waals surface area contributed by atoms with E-state index in [4.69, 9.17) is 5.73 Å². The molecule has 1 aromatic carbocycles. The number of hydrogen-bond acceptors (Lipinski definition) is 4. The zero-order chi connectivity index (χ0) is 13.8. The van der Waals surface area contributed by atoms with Gasteiger partial charge in [-0.3, -0.25) is 9.59 Å². The zero-order valence-corrected chi connectivity index (χ0v) is 11.0. The monoisotopic (exact) mass is 258 g/mol. The number of fused-ring (bicyclic) bond motifs is 1. The summed E-state index contributed by atoms with van der Waals surface area (Å²) in [5.74, 6) is -0.485. The quantitative estimate of drug-likeness (QED) is 0.475. The summed E-state index contributed by atoms with van der Waals surface area (Å²) < 4.78 is 0. The molecule has 1 aliphatic carbocycles. The average molecular weight is 258 g/mol. The van der Waals surface area contributed by atoms with Crippen LogP contribution in [0.25, 0.3) is 0 Å². The molecule has 0 radical (unpaired) electrons. The molecule has 0 spiro atoms. The van der Waals surface area contributed by atoms with Crippen LogP contribution < -0.4 is 11.1 Å². The van der Waals surface area contributed by atoms with E-state index in [1.54, 1.807) is 13.1 Å². The van der Waals surface area contributed by atoms with Crippen LogP contribution >= 0.6 is 0 Å². The second-order valence-corrected chi connectivity index (χ2v) is 4.80. The summed E-state index contributed by atoms with van der Waals surface area (Å²) in [6, 6.07) is 6.48. The average Bonchev–Trinajstić information content (AvgIpc) is 2.85. The third kappa shape index (κ3) is 2.90. The van der Waals surface area contributed by atoms with Crippen molar-refractivity contribution in [2.45, 2.75) is 32.4 Å². The number of aldehydes is 1. The molecule has 1 aromatic rings. The fraction of sp³-hybridized carbons (Fsp3) is 0.333. The van der Waals surface area contributed by atoms with Crippen molar-refractivity contribution in [3.8, 4) is 0 Å². The standard InChI is InChI=1S/C15H18N2O2/c1-10(15(19)9-18)8-17-14-5-4-12-3-2-11(7-16)6-13(12)14/h2-3,6,8-9,14,17H,4-5,7,16H2,1H3/b10-8+. The summed E-state index contributed by atoms with van der Waals surface area (Å²) in [5.41, 5.74) is 9.75. The molecule has 0 heterocycles. The Hall–Kier alpha value is -1.94. The predicted octanol–water partition coefficient (Wildman–Crippen LogP) is 1.39. The van der Waals surface area contributed by atoms with Crippen LogP contribution in [0.5, 0.6) is 0 Å². The lowest BCUT2D eigenvalue weighted by Gasteiger charge is -2.13. The lowest BCUT2D eigenvalue weighted by atomic mass is 10.0. The number of benzene rings is 1. The van der Waals surface area contributed by atoms with Gasteiger partial charge in [0.15, 0.2) is 6.29 Å². The van der Waals surface area contributed by atoms with Crippen LogP contribution in [0.3, 0.4) is 0 Å². The summed E-state index contributed by atoms with van der Waals surface area (Å²) in [7, 11) is 0. The highest BCUT2D eigenvalue weighted by atomic mass is 16.2. The smallest absolute Gasteiger partial charge is 0.222 e. The van der Waals surface area contributed by atoms with E-state index in [-0.39, 0.29) is 6.04 Å². The van der Waals surface area contributed by atoms with Crippen LogP contribution in [0.15, 0.2) is 30.0 Å². The van der Waals surface area contributed by atoms with Gasteiger partial charge in [0.2, 0.25) is 5.78 Å². The maximum atomic E-state index is 11.2. The summed E-state index contributed by atoms with van der Waals surface area (Å²) in [5, 5.41) is 3.22. The van der Waals surface area contributed by atoms with Gasteiger partial charge < -0.3 is 11.1 Å². The molecule has 4 nitrogen and oxygen atoms in total. The first-order valence-corrected chi connectivity index (χ1v) is 6.39. The number of aryl methyl sites for hydroxylation is 1. The predicted molar refractivity (Wildman–Crippen MR) is 73.4 cm³/mol. The highest BCUT2D eigenvalue weighted by Crippen LogP contribution is 2.31. The number of ketones is 1. The molecule has 4 heteroatoms. The van der Waals surface area contributed by atoms with E-state index < -0.39 is 5.78 Å². The fourth-order valence-corrected chi connectivity index (χ4v) is 2.34. The Morgan fingerprint density at radius 1 is 1.53 bits per heavy atom. The van der Waals surface area contributed by atoms with Gasteiger partial charge in [0.25, 0.3) is 0 Å². The van der Waals surface area contributed by atoms with Crippen LogP contribution in [0.1, 0.15) is 36.1 Å². The normalized spacial score (nSPS) is 18.0. The summed E-state index contributed by atoms with van der Waals surface area (Å²) in [4.78, 5) is 21.6. The third-order valence-electron chi connectivity index (χ3n) is 3.52. The molecule has 0 aliphatic heterocycles. The van der Waals surface area contributed by atoms with Crippen molar-refractivity contribution in [3.63, 3.8) is 0 Å². The molecule has 1 atom stereocenters. The van der Waals surface area contributed by atoms with E-state index in [1.807, 2.05) is 0 Å². The highest BCUT2D eigenvalue weighted by molar-refractivity contribution is 6.32. The molecule has 1 aliphatic rings. The molecule has 0 aromatic heterocycles. The largest absolute Gasteiger partial charge is 0.384 e. The Bertz CT molecular complexity index is 535.